The molecule has 1 unspecified atom stereocenters. The van der Waals surface area contributed by atoms with E-state index in [1.807, 2.05) is 30.3 Å². The molecule has 0 saturated heterocycles. The van der Waals surface area contributed by atoms with E-state index in [4.69, 9.17) is 0 Å². The van der Waals surface area contributed by atoms with Crippen LogP contribution in [0.15, 0.2) is 47.2 Å². The topological polar surface area (TPSA) is 55.1 Å². The molecule has 1 aromatic heterocycles. The van der Waals surface area contributed by atoms with E-state index in [1.54, 1.807) is 0 Å². The quantitative estimate of drug-likeness (QED) is 0.882. The zero-order valence-electron chi connectivity index (χ0n) is 8.97. The van der Waals surface area contributed by atoms with Crippen molar-refractivity contribution < 1.29 is 9.32 Å². The van der Waals surface area contributed by atoms with Gasteiger partial charge in [-0.1, -0.05) is 51.4 Å². The maximum absolute atomic E-state index is 11.8. The van der Waals surface area contributed by atoms with E-state index < -0.39 is 0 Å². The van der Waals surface area contributed by atoms with Crippen LogP contribution in [0.4, 0.5) is 0 Å². The molecule has 0 bridgehead atoms. The van der Waals surface area contributed by atoms with Crippen LogP contribution in [0.1, 0.15) is 22.1 Å². The first-order valence-corrected chi connectivity index (χ1v) is 6.25. The highest BCUT2D eigenvalue weighted by Gasteiger charge is 2.15. The smallest absolute Gasteiger partial charge is 0.273 e. The zero-order valence-corrected chi connectivity index (χ0v) is 10.6. The highest BCUT2D eigenvalue weighted by Crippen LogP contribution is 2.15. The van der Waals surface area contributed by atoms with E-state index in [2.05, 4.69) is 30.9 Å². The number of carbonyl (C=O) groups excluding carboxylic acids is 1. The van der Waals surface area contributed by atoms with Gasteiger partial charge in [0.05, 0.1) is 6.04 Å². The Bertz CT molecular complexity index is 471. The Morgan fingerprint density at radius 2 is 2.12 bits per heavy atom. The van der Waals surface area contributed by atoms with E-state index in [0.29, 0.717) is 5.33 Å². The lowest BCUT2D eigenvalue weighted by Crippen LogP contribution is -2.29. The number of nitrogens with one attached hydrogen (secondary N) is 1. The standard InChI is InChI=1S/C12H11BrN2O2/c13-8-11(9-4-2-1-3-5-9)14-12(16)10-6-7-17-15-10/h1-7,11H,8H2,(H,14,16). The Kier molecular flexibility index (Phi) is 3.93. The fourth-order valence-electron chi connectivity index (χ4n) is 1.46. The monoisotopic (exact) mass is 294 g/mol. The Morgan fingerprint density at radius 3 is 2.71 bits per heavy atom. The third-order valence-corrected chi connectivity index (χ3v) is 2.98. The molecule has 2 aromatic rings. The molecule has 4 nitrogen and oxygen atoms in total. The third-order valence-electron chi connectivity index (χ3n) is 2.33. The molecule has 1 heterocycles. The largest absolute Gasteiger partial charge is 0.364 e. The lowest BCUT2D eigenvalue weighted by molar-refractivity contribution is 0.0931. The summed E-state index contributed by atoms with van der Waals surface area (Å²) in [4.78, 5) is 11.8. The van der Waals surface area contributed by atoms with Gasteiger partial charge in [-0.25, -0.2) is 0 Å². The van der Waals surface area contributed by atoms with Gasteiger partial charge in [0.2, 0.25) is 0 Å². The second-order valence-electron chi connectivity index (χ2n) is 3.48. The molecule has 0 radical (unpaired) electrons. The normalized spacial score (nSPS) is 12.1. The van der Waals surface area contributed by atoms with Gasteiger partial charge < -0.3 is 9.84 Å². The summed E-state index contributed by atoms with van der Waals surface area (Å²) in [6.45, 7) is 0. The fourth-order valence-corrected chi connectivity index (χ4v) is 1.99. The van der Waals surface area contributed by atoms with Gasteiger partial charge in [0, 0.05) is 11.4 Å². The van der Waals surface area contributed by atoms with Gasteiger partial charge in [0.25, 0.3) is 5.91 Å². The van der Waals surface area contributed by atoms with Crippen LogP contribution in [0.25, 0.3) is 0 Å². The van der Waals surface area contributed by atoms with Crippen molar-refractivity contribution in [3.8, 4) is 0 Å². The summed E-state index contributed by atoms with van der Waals surface area (Å²) in [6.07, 6.45) is 1.38. The van der Waals surface area contributed by atoms with Crippen molar-refractivity contribution in [2.45, 2.75) is 6.04 Å². The Hall–Kier alpha value is -1.62. The Morgan fingerprint density at radius 1 is 1.35 bits per heavy atom. The van der Waals surface area contributed by atoms with E-state index in [9.17, 15) is 4.79 Å². The molecule has 1 amide bonds. The summed E-state index contributed by atoms with van der Waals surface area (Å²) < 4.78 is 4.63. The van der Waals surface area contributed by atoms with E-state index in [-0.39, 0.29) is 17.6 Å². The molecule has 0 fully saturated rings. The summed E-state index contributed by atoms with van der Waals surface area (Å²) in [6, 6.07) is 11.2. The number of nitrogens with zero attached hydrogens (tertiary/aromatic N) is 1. The van der Waals surface area contributed by atoms with Gasteiger partial charge in [0.1, 0.15) is 6.26 Å². The number of hydrogen-bond acceptors (Lipinski definition) is 3. The number of alkyl halides is 1. The Labute approximate surface area is 107 Å². The van der Waals surface area contributed by atoms with Crippen LogP contribution < -0.4 is 5.32 Å². The van der Waals surface area contributed by atoms with Crippen LogP contribution >= 0.6 is 15.9 Å². The predicted octanol–water partition coefficient (Wildman–Crippen LogP) is 2.54. The molecule has 2 rings (SSSR count). The van der Waals surface area contributed by atoms with Gasteiger partial charge in [-0.3, -0.25) is 4.79 Å². The highest BCUT2D eigenvalue weighted by atomic mass is 79.9. The molecule has 1 atom stereocenters. The van der Waals surface area contributed by atoms with Crippen LogP contribution in [0.3, 0.4) is 0 Å². The van der Waals surface area contributed by atoms with Crippen LogP contribution in [0.5, 0.6) is 0 Å². The number of rotatable bonds is 4. The summed E-state index contributed by atoms with van der Waals surface area (Å²) >= 11 is 3.39. The summed E-state index contributed by atoms with van der Waals surface area (Å²) in [5.41, 5.74) is 1.33. The minimum Gasteiger partial charge on any atom is -0.364 e. The van der Waals surface area contributed by atoms with E-state index in [1.165, 1.54) is 12.3 Å². The second-order valence-corrected chi connectivity index (χ2v) is 4.12. The van der Waals surface area contributed by atoms with Crippen molar-refractivity contribution in [3.63, 3.8) is 0 Å². The molecule has 88 valence electrons. The molecule has 0 aliphatic heterocycles. The minimum absolute atomic E-state index is 0.0830. The number of amides is 1. The number of aromatic nitrogens is 1. The molecule has 0 saturated carbocycles. The maximum Gasteiger partial charge on any atom is 0.273 e. The predicted molar refractivity (Wildman–Crippen MR) is 66.9 cm³/mol. The van der Waals surface area contributed by atoms with Crippen molar-refractivity contribution in [3.05, 3.63) is 53.9 Å². The summed E-state index contributed by atoms with van der Waals surface area (Å²) in [7, 11) is 0. The van der Waals surface area contributed by atoms with Crippen molar-refractivity contribution in [1.82, 2.24) is 10.5 Å². The van der Waals surface area contributed by atoms with Crippen molar-refractivity contribution in [2.75, 3.05) is 5.33 Å². The molecule has 17 heavy (non-hydrogen) atoms. The molecule has 1 N–H and O–H groups in total. The fraction of sp³-hybridized carbons (Fsp3) is 0.167. The van der Waals surface area contributed by atoms with Crippen LogP contribution in [0, 0.1) is 0 Å². The van der Waals surface area contributed by atoms with Crippen molar-refractivity contribution in [1.29, 1.82) is 0 Å². The van der Waals surface area contributed by atoms with Gasteiger partial charge in [0.15, 0.2) is 5.69 Å². The maximum atomic E-state index is 11.8. The third kappa shape index (κ3) is 2.94. The average molecular weight is 295 g/mol. The SMILES string of the molecule is O=C(NC(CBr)c1ccccc1)c1ccon1. The van der Waals surface area contributed by atoms with Crippen molar-refractivity contribution in [2.24, 2.45) is 0 Å². The molecular weight excluding hydrogens is 284 g/mol. The molecule has 5 heteroatoms. The molecule has 0 spiro atoms. The lowest BCUT2D eigenvalue weighted by Gasteiger charge is -2.15. The van der Waals surface area contributed by atoms with Crippen LogP contribution in [-0.2, 0) is 0 Å². The first kappa shape index (κ1) is 11.9. The lowest BCUT2D eigenvalue weighted by atomic mass is 10.1. The summed E-state index contributed by atoms with van der Waals surface area (Å²) in [5.74, 6) is -0.243. The zero-order chi connectivity index (χ0) is 12.1. The number of carbonyl (C=O) groups is 1. The second kappa shape index (κ2) is 5.63. The van der Waals surface area contributed by atoms with Crippen molar-refractivity contribution >= 4 is 21.8 Å². The molecule has 0 aliphatic carbocycles. The highest BCUT2D eigenvalue weighted by molar-refractivity contribution is 9.09. The molecule has 1 aromatic carbocycles. The first-order chi connectivity index (χ1) is 8.31. The van der Waals surface area contributed by atoms with Gasteiger partial charge in [-0.05, 0) is 5.56 Å². The minimum atomic E-state index is -0.243. The number of hydrogen-bond donors (Lipinski definition) is 1. The Balaban J connectivity index is 2.09. The van der Waals surface area contributed by atoms with E-state index in [0.717, 1.165) is 5.56 Å². The number of benzene rings is 1. The van der Waals surface area contributed by atoms with E-state index >= 15 is 0 Å². The van der Waals surface area contributed by atoms with Gasteiger partial charge in [-0.15, -0.1) is 0 Å². The summed E-state index contributed by atoms with van der Waals surface area (Å²) in [5, 5.41) is 7.11. The molecule has 0 aliphatic rings. The number of halogens is 1. The van der Waals surface area contributed by atoms with Crippen LogP contribution in [-0.4, -0.2) is 16.4 Å². The first-order valence-electron chi connectivity index (χ1n) is 5.13. The molecular formula is C12H11BrN2O2. The van der Waals surface area contributed by atoms with Crippen LogP contribution in [0.2, 0.25) is 0 Å². The van der Waals surface area contributed by atoms with Gasteiger partial charge >= 0.3 is 0 Å². The average Bonchev–Trinajstić information content (AvgIpc) is 2.90. The van der Waals surface area contributed by atoms with Gasteiger partial charge in [-0.2, -0.15) is 0 Å².